The lowest BCUT2D eigenvalue weighted by Crippen LogP contribution is -3.00. The van der Waals surface area contributed by atoms with Gasteiger partial charge in [-0.25, -0.2) is 0 Å². The van der Waals surface area contributed by atoms with Crippen LogP contribution in [0.4, 0.5) is 0 Å². The molecule has 3 rings (SSSR count). The molecule has 2 aromatic carbocycles. The predicted octanol–water partition coefficient (Wildman–Crippen LogP) is 1.62. The van der Waals surface area contributed by atoms with Gasteiger partial charge in [-0.15, -0.1) is 0 Å². The predicted molar refractivity (Wildman–Crippen MR) is 90.5 cm³/mol. The molecule has 1 heterocycles. The number of fused-ring (bicyclic) bond motifs is 1. The topological polar surface area (TPSA) is 56.0 Å². The molecule has 0 aliphatic rings. The highest BCUT2D eigenvalue weighted by molar-refractivity contribution is 6.34. The normalized spacial score (nSPS) is 10.4. The first kappa shape index (κ1) is 17.5. The van der Waals surface area contributed by atoms with Crippen molar-refractivity contribution in [3.8, 4) is 11.1 Å². The summed E-state index contributed by atoms with van der Waals surface area (Å²) >= 11 is 12.4. The Morgan fingerprint density at radius 1 is 1.13 bits per heavy atom. The Balaban J connectivity index is 0.00000192. The molecule has 1 aromatic heterocycles. The van der Waals surface area contributed by atoms with Gasteiger partial charge in [0, 0.05) is 26.6 Å². The lowest BCUT2D eigenvalue weighted by Gasteiger charge is -2.15. The third kappa shape index (κ3) is 3.13. The van der Waals surface area contributed by atoms with E-state index in [0.717, 1.165) is 16.5 Å². The number of halogens is 3. The molecule has 0 radical (unpaired) electrons. The monoisotopic (exact) mass is 365 g/mol. The van der Waals surface area contributed by atoms with Gasteiger partial charge in [-0.05, 0) is 31.2 Å². The van der Waals surface area contributed by atoms with Crippen LogP contribution in [0.1, 0.15) is 16.1 Å². The maximum Gasteiger partial charge on any atom is 0.251 e. The molecule has 0 atom stereocenters. The van der Waals surface area contributed by atoms with E-state index in [2.05, 4.69) is 4.98 Å². The number of rotatable bonds is 2. The number of pyridine rings is 1. The minimum Gasteiger partial charge on any atom is -1.00 e. The average Bonchev–Trinajstić information content (AvgIpc) is 2.47. The van der Waals surface area contributed by atoms with Crippen molar-refractivity contribution in [2.24, 2.45) is 5.73 Å². The summed E-state index contributed by atoms with van der Waals surface area (Å²) in [5, 5.41) is 1.85. The first-order valence-corrected chi connectivity index (χ1v) is 7.39. The molecule has 2 N–H and O–H groups in total. The number of benzene rings is 2. The summed E-state index contributed by atoms with van der Waals surface area (Å²) in [6.07, 6.45) is 0. The van der Waals surface area contributed by atoms with Crippen LogP contribution in [0, 0.1) is 6.92 Å². The molecule has 0 spiro atoms. The summed E-state index contributed by atoms with van der Waals surface area (Å²) < 4.78 is 0. The highest BCUT2D eigenvalue weighted by atomic mass is 35.5. The first-order valence-electron chi connectivity index (χ1n) is 6.63. The van der Waals surface area contributed by atoms with E-state index in [9.17, 15) is 4.79 Å². The molecular weight excluding hydrogens is 355 g/mol. The molecule has 3 nitrogen and oxygen atoms in total. The van der Waals surface area contributed by atoms with Gasteiger partial charge in [0.1, 0.15) is 0 Å². The minimum atomic E-state index is -0.540. The van der Waals surface area contributed by atoms with Gasteiger partial charge in [0.05, 0.1) is 16.8 Å². The van der Waals surface area contributed by atoms with Crippen LogP contribution in [0.15, 0.2) is 42.5 Å². The molecule has 23 heavy (non-hydrogen) atoms. The molecule has 0 aliphatic carbocycles. The summed E-state index contributed by atoms with van der Waals surface area (Å²) in [4.78, 5) is 16.4. The van der Waals surface area contributed by atoms with Crippen LogP contribution in [-0.4, -0.2) is 10.9 Å². The third-order valence-electron chi connectivity index (χ3n) is 3.52. The van der Waals surface area contributed by atoms with E-state index in [1.807, 2.05) is 24.3 Å². The van der Waals surface area contributed by atoms with E-state index in [1.165, 1.54) is 0 Å². The Labute approximate surface area is 149 Å². The number of primary amides is 1. The van der Waals surface area contributed by atoms with Gasteiger partial charge < -0.3 is 18.1 Å². The van der Waals surface area contributed by atoms with E-state index < -0.39 is 5.91 Å². The number of hydrogen-bond acceptors (Lipinski definition) is 2. The zero-order chi connectivity index (χ0) is 15.9. The van der Waals surface area contributed by atoms with E-state index in [0.29, 0.717) is 26.9 Å². The van der Waals surface area contributed by atoms with Crippen molar-refractivity contribution in [2.75, 3.05) is 0 Å². The molecule has 0 fully saturated rings. The van der Waals surface area contributed by atoms with Gasteiger partial charge in [-0.1, -0.05) is 41.4 Å². The van der Waals surface area contributed by atoms with Crippen LogP contribution in [0.5, 0.6) is 0 Å². The SMILES string of the molecule is Cc1nc2ccc(Cl)cc2c(-c2ccccc2Cl)c1C(N)=O.[Cl-]. The van der Waals surface area contributed by atoms with Gasteiger partial charge in [-0.2, -0.15) is 0 Å². The minimum absolute atomic E-state index is 0. The molecule has 1 amide bonds. The Kier molecular flexibility index (Phi) is 5.15. The Bertz CT molecular complexity index is 910. The zero-order valence-corrected chi connectivity index (χ0v) is 14.4. The second-order valence-corrected chi connectivity index (χ2v) is 5.80. The molecule has 0 saturated heterocycles. The maximum atomic E-state index is 12.0. The van der Waals surface area contributed by atoms with E-state index in [4.69, 9.17) is 28.9 Å². The van der Waals surface area contributed by atoms with E-state index in [1.54, 1.807) is 25.1 Å². The highest BCUT2D eigenvalue weighted by Crippen LogP contribution is 2.37. The van der Waals surface area contributed by atoms with Crippen LogP contribution in [-0.2, 0) is 0 Å². The lowest BCUT2D eigenvalue weighted by molar-refractivity contribution is -0.0000127. The fourth-order valence-corrected chi connectivity index (χ4v) is 3.01. The molecule has 6 heteroatoms. The molecule has 0 aliphatic heterocycles. The first-order chi connectivity index (χ1) is 10.5. The number of aryl methyl sites for hydroxylation is 1. The van der Waals surface area contributed by atoms with E-state index in [-0.39, 0.29) is 12.4 Å². The van der Waals surface area contributed by atoms with Crippen molar-refractivity contribution in [2.45, 2.75) is 6.92 Å². The van der Waals surface area contributed by atoms with Crippen LogP contribution in [0.3, 0.4) is 0 Å². The van der Waals surface area contributed by atoms with Crippen LogP contribution >= 0.6 is 23.2 Å². The molecule has 0 saturated carbocycles. The summed E-state index contributed by atoms with van der Waals surface area (Å²) in [6.45, 7) is 1.76. The summed E-state index contributed by atoms with van der Waals surface area (Å²) in [5.41, 5.74) is 8.65. The Hall–Kier alpha value is -1.81. The largest absolute Gasteiger partial charge is 1.00 e. The Morgan fingerprint density at radius 3 is 2.48 bits per heavy atom. The number of hydrogen-bond donors (Lipinski definition) is 1. The quantitative estimate of drug-likeness (QED) is 0.749. The van der Waals surface area contributed by atoms with Crippen molar-refractivity contribution in [1.29, 1.82) is 0 Å². The lowest BCUT2D eigenvalue weighted by atomic mass is 9.94. The van der Waals surface area contributed by atoms with E-state index >= 15 is 0 Å². The average molecular weight is 367 g/mol. The molecule has 0 unspecified atom stereocenters. The summed E-state index contributed by atoms with van der Waals surface area (Å²) in [7, 11) is 0. The molecular formula is C17H12Cl3N2O-. The maximum absolute atomic E-state index is 12.0. The highest BCUT2D eigenvalue weighted by Gasteiger charge is 2.20. The van der Waals surface area contributed by atoms with Gasteiger partial charge in [0.2, 0.25) is 0 Å². The fraction of sp³-hybridized carbons (Fsp3) is 0.0588. The second-order valence-electron chi connectivity index (χ2n) is 4.95. The van der Waals surface area contributed by atoms with Crippen molar-refractivity contribution in [1.82, 2.24) is 4.98 Å². The van der Waals surface area contributed by atoms with Crippen molar-refractivity contribution in [3.05, 3.63) is 63.8 Å². The number of carbonyl (C=O) groups excluding carboxylic acids is 1. The molecule has 3 aromatic rings. The number of carbonyl (C=O) groups is 1. The fourth-order valence-electron chi connectivity index (χ4n) is 2.60. The zero-order valence-electron chi connectivity index (χ0n) is 12.1. The number of nitrogens with zero attached hydrogens (tertiary/aromatic N) is 1. The van der Waals surface area contributed by atoms with Gasteiger partial charge in [-0.3, -0.25) is 9.78 Å². The standard InChI is InChI=1S/C17H12Cl2N2O.ClH/c1-9-15(17(20)22)16(11-4-2-3-5-13(11)19)12-8-10(18)6-7-14(12)21-9;/h2-8H,1H3,(H2,20,22);1H/p-1. The van der Waals surface area contributed by atoms with Gasteiger partial charge >= 0.3 is 0 Å². The summed E-state index contributed by atoms with van der Waals surface area (Å²) in [5.74, 6) is -0.540. The van der Waals surface area contributed by atoms with Crippen molar-refractivity contribution in [3.63, 3.8) is 0 Å². The number of aromatic nitrogens is 1. The van der Waals surface area contributed by atoms with Crippen molar-refractivity contribution >= 4 is 40.0 Å². The molecule has 0 bridgehead atoms. The van der Waals surface area contributed by atoms with Crippen LogP contribution < -0.4 is 18.1 Å². The summed E-state index contributed by atoms with van der Waals surface area (Å²) in [6, 6.07) is 12.7. The van der Waals surface area contributed by atoms with Gasteiger partial charge in [0.25, 0.3) is 5.91 Å². The number of nitrogens with two attached hydrogens (primary N) is 1. The van der Waals surface area contributed by atoms with Crippen molar-refractivity contribution < 1.29 is 17.2 Å². The third-order valence-corrected chi connectivity index (χ3v) is 4.08. The van der Waals surface area contributed by atoms with Crippen LogP contribution in [0.2, 0.25) is 10.0 Å². The second kappa shape index (κ2) is 6.75. The number of amides is 1. The molecule has 118 valence electrons. The van der Waals surface area contributed by atoms with Crippen LogP contribution in [0.25, 0.3) is 22.0 Å². The van der Waals surface area contributed by atoms with Gasteiger partial charge in [0.15, 0.2) is 0 Å². The smallest absolute Gasteiger partial charge is 0.251 e. The Morgan fingerprint density at radius 2 is 1.83 bits per heavy atom.